The molecule has 11 nitrogen and oxygen atoms in total. The minimum Gasteiger partial charge on any atom is -0.358 e. The van der Waals surface area contributed by atoms with Gasteiger partial charge in [-0.2, -0.15) is 4.68 Å². The third kappa shape index (κ3) is 4.25. The van der Waals surface area contributed by atoms with Crippen molar-refractivity contribution in [3.8, 4) is 0 Å². The summed E-state index contributed by atoms with van der Waals surface area (Å²) in [5.74, 6) is -3.12. The van der Waals surface area contributed by atoms with Crippen molar-refractivity contribution in [2.75, 3.05) is 26.2 Å². The largest absolute Gasteiger partial charge is 0.468 e. The predicted octanol–water partition coefficient (Wildman–Crippen LogP) is 1.63. The maximum absolute atomic E-state index is 13.8. The van der Waals surface area contributed by atoms with Crippen LogP contribution < -0.4 is 0 Å². The molecule has 1 aliphatic rings. The molecule has 1 saturated heterocycles. The third-order valence-electron chi connectivity index (χ3n) is 4.95. The smallest absolute Gasteiger partial charge is 0.358 e. The molecule has 0 radical (unpaired) electrons. The number of halogens is 2. The summed E-state index contributed by atoms with van der Waals surface area (Å²) < 4.78 is 28.1. The van der Waals surface area contributed by atoms with E-state index in [0.29, 0.717) is 26.2 Å². The number of piperazine rings is 1. The van der Waals surface area contributed by atoms with Gasteiger partial charge in [0.2, 0.25) is 5.91 Å². The van der Waals surface area contributed by atoms with Crippen molar-refractivity contribution in [3.63, 3.8) is 0 Å². The Morgan fingerprint density at radius 3 is 2.37 bits per heavy atom. The standard InChI is InChI=1S/C17H18F2N6O5/c1-11-16(24(27)28)17(25(29)30)20-23(11)10-14(26)22-7-5-21(6-8-22)9-12-3-2-4-13(18)15(12)19/h2-4H,5-10H2,1H3. The van der Waals surface area contributed by atoms with E-state index in [1.54, 1.807) is 0 Å². The topological polar surface area (TPSA) is 128 Å². The highest BCUT2D eigenvalue weighted by atomic mass is 19.2. The predicted molar refractivity (Wildman–Crippen MR) is 98.5 cm³/mol. The Balaban J connectivity index is 1.62. The Kier molecular flexibility index (Phi) is 6.01. The number of amides is 1. The second kappa shape index (κ2) is 8.49. The third-order valence-corrected chi connectivity index (χ3v) is 4.95. The molecule has 160 valence electrons. The van der Waals surface area contributed by atoms with Gasteiger partial charge in [0.05, 0.1) is 10.0 Å². The molecule has 13 heteroatoms. The molecule has 2 aromatic rings. The highest BCUT2D eigenvalue weighted by Crippen LogP contribution is 2.29. The van der Waals surface area contributed by atoms with E-state index in [-0.39, 0.29) is 24.3 Å². The van der Waals surface area contributed by atoms with E-state index in [1.807, 2.05) is 4.90 Å². The van der Waals surface area contributed by atoms with Gasteiger partial charge in [0.1, 0.15) is 12.2 Å². The van der Waals surface area contributed by atoms with Crippen LogP contribution in [0.1, 0.15) is 11.3 Å². The molecule has 1 aliphatic heterocycles. The van der Waals surface area contributed by atoms with Crippen molar-refractivity contribution >= 4 is 17.4 Å². The summed E-state index contributed by atoms with van der Waals surface area (Å²) in [6, 6.07) is 3.97. The Hall–Kier alpha value is -3.48. The summed E-state index contributed by atoms with van der Waals surface area (Å²) in [7, 11) is 0. The SMILES string of the molecule is Cc1c([N+](=O)[O-])c([N+](=O)[O-])nn1CC(=O)N1CCN(Cc2cccc(F)c2F)CC1. The molecule has 0 atom stereocenters. The summed E-state index contributed by atoms with van der Waals surface area (Å²) in [5, 5.41) is 25.7. The van der Waals surface area contributed by atoms with Crippen molar-refractivity contribution in [3.05, 3.63) is 61.3 Å². The fourth-order valence-corrected chi connectivity index (χ4v) is 3.31. The lowest BCUT2D eigenvalue weighted by Crippen LogP contribution is -2.49. The van der Waals surface area contributed by atoms with E-state index in [0.717, 1.165) is 10.7 Å². The molecule has 0 spiro atoms. The highest BCUT2D eigenvalue weighted by Gasteiger charge is 2.36. The fourth-order valence-electron chi connectivity index (χ4n) is 3.31. The van der Waals surface area contributed by atoms with Crippen LogP contribution in [0.4, 0.5) is 20.3 Å². The van der Waals surface area contributed by atoms with Gasteiger partial charge >= 0.3 is 11.5 Å². The van der Waals surface area contributed by atoms with Crippen LogP contribution in [-0.4, -0.2) is 61.5 Å². The number of hydrogen-bond acceptors (Lipinski definition) is 7. The Morgan fingerprint density at radius 2 is 1.80 bits per heavy atom. The monoisotopic (exact) mass is 424 g/mol. The average Bonchev–Trinajstić information content (AvgIpc) is 3.03. The van der Waals surface area contributed by atoms with Crippen LogP contribution in [0.2, 0.25) is 0 Å². The van der Waals surface area contributed by atoms with Crippen LogP contribution in [0, 0.1) is 38.8 Å². The van der Waals surface area contributed by atoms with Crippen molar-refractivity contribution in [1.82, 2.24) is 19.6 Å². The molecule has 2 heterocycles. The molecule has 30 heavy (non-hydrogen) atoms. The minimum absolute atomic E-state index is 0.0831. The minimum atomic E-state index is -0.962. The number of aromatic nitrogens is 2. The lowest BCUT2D eigenvalue weighted by molar-refractivity contribution is -0.424. The normalized spacial score (nSPS) is 14.7. The van der Waals surface area contributed by atoms with Crippen LogP contribution in [0.15, 0.2) is 18.2 Å². The highest BCUT2D eigenvalue weighted by molar-refractivity contribution is 5.76. The molecule has 0 saturated carbocycles. The van der Waals surface area contributed by atoms with Crippen molar-refractivity contribution in [2.24, 2.45) is 0 Å². The van der Waals surface area contributed by atoms with E-state index in [2.05, 4.69) is 5.10 Å². The molecule has 1 aromatic carbocycles. The summed E-state index contributed by atoms with van der Waals surface area (Å²) >= 11 is 0. The van der Waals surface area contributed by atoms with Crippen molar-refractivity contribution in [1.29, 1.82) is 0 Å². The zero-order chi connectivity index (χ0) is 22.0. The first kappa shape index (κ1) is 21.2. The zero-order valence-electron chi connectivity index (χ0n) is 16.0. The first-order valence-corrected chi connectivity index (χ1v) is 8.98. The number of carbonyl (C=O) groups is 1. The summed E-state index contributed by atoms with van der Waals surface area (Å²) in [5.41, 5.74) is -0.600. The molecule has 1 amide bonds. The van der Waals surface area contributed by atoms with Crippen LogP contribution in [0.25, 0.3) is 0 Å². The van der Waals surface area contributed by atoms with E-state index < -0.39 is 38.9 Å². The summed E-state index contributed by atoms with van der Waals surface area (Å²) in [6.07, 6.45) is 0. The Morgan fingerprint density at radius 1 is 1.13 bits per heavy atom. The number of nitro groups is 2. The average molecular weight is 424 g/mol. The molecular formula is C17H18F2N6O5. The van der Waals surface area contributed by atoms with Crippen molar-refractivity contribution in [2.45, 2.75) is 20.0 Å². The second-order valence-corrected chi connectivity index (χ2v) is 6.80. The van der Waals surface area contributed by atoms with E-state index >= 15 is 0 Å². The number of rotatable bonds is 6. The Bertz CT molecular complexity index is 1000. The molecule has 0 N–H and O–H groups in total. The fraction of sp³-hybridized carbons (Fsp3) is 0.412. The van der Waals surface area contributed by atoms with Gasteiger partial charge in [-0.05, 0) is 17.9 Å². The van der Waals surface area contributed by atoms with E-state index in [4.69, 9.17) is 0 Å². The van der Waals surface area contributed by atoms with E-state index in [1.165, 1.54) is 24.0 Å². The van der Waals surface area contributed by atoms with Gasteiger partial charge in [0.15, 0.2) is 11.6 Å². The maximum atomic E-state index is 13.8. The molecule has 0 unspecified atom stereocenters. The van der Waals surface area contributed by atoms with Crippen molar-refractivity contribution < 1.29 is 23.4 Å². The summed E-state index contributed by atoms with van der Waals surface area (Å²) in [6.45, 7) is 2.55. The second-order valence-electron chi connectivity index (χ2n) is 6.80. The molecular weight excluding hydrogens is 406 g/mol. The van der Waals surface area contributed by atoms with Gasteiger partial charge in [-0.3, -0.25) is 19.8 Å². The number of nitrogens with zero attached hydrogens (tertiary/aromatic N) is 6. The molecule has 0 aliphatic carbocycles. The van der Waals surface area contributed by atoms with Gasteiger partial charge in [0.25, 0.3) is 0 Å². The molecule has 3 rings (SSSR count). The molecule has 0 bridgehead atoms. The lowest BCUT2D eigenvalue weighted by atomic mass is 10.1. The molecule has 1 aromatic heterocycles. The Labute approximate surface area is 168 Å². The van der Waals surface area contributed by atoms with Gasteiger partial charge in [-0.25, -0.2) is 8.78 Å². The van der Waals surface area contributed by atoms with Crippen LogP contribution >= 0.6 is 0 Å². The first-order valence-electron chi connectivity index (χ1n) is 8.98. The number of benzene rings is 1. The van der Waals surface area contributed by atoms with Crippen LogP contribution in [0.5, 0.6) is 0 Å². The van der Waals surface area contributed by atoms with Gasteiger partial charge in [-0.15, -0.1) is 0 Å². The zero-order valence-corrected chi connectivity index (χ0v) is 16.0. The lowest BCUT2D eigenvalue weighted by Gasteiger charge is -2.34. The number of hydrogen-bond donors (Lipinski definition) is 0. The van der Waals surface area contributed by atoms with Gasteiger partial charge in [-0.1, -0.05) is 12.1 Å². The van der Waals surface area contributed by atoms with E-state index in [9.17, 15) is 33.8 Å². The van der Waals surface area contributed by atoms with Gasteiger partial charge < -0.3 is 15.0 Å². The maximum Gasteiger partial charge on any atom is 0.468 e. The first-order chi connectivity index (χ1) is 14.2. The number of carbonyl (C=O) groups excluding carboxylic acids is 1. The van der Waals surface area contributed by atoms with Crippen LogP contribution in [-0.2, 0) is 17.9 Å². The van der Waals surface area contributed by atoms with Crippen LogP contribution in [0.3, 0.4) is 0 Å². The van der Waals surface area contributed by atoms with Gasteiger partial charge in [0, 0.05) is 38.3 Å². The quantitative estimate of drug-likeness (QED) is 0.509. The molecule has 1 fully saturated rings. The summed E-state index contributed by atoms with van der Waals surface area (Å²) in [4.78, 5) is 36.1.